The van der Waals surface area contributed by atoms with Crippen molar-refractivity contribution in [2.24, 2.45) is 5.73 Å². The first-order valence-electron chi connectivity index (χ1n) is 6.30. The Hall–Kier alpha value is -2.20. The van der Waals surface area contributed by atoms with E-state index in [9.17, 15) is 0 Å². The quantitative estimate of drug-likeness (QED) is 0.762. The normalized spacial score (nSPS) is 11.1. The molecule has 96 valence electrons. The van der Waals surface area contributed by atoms with Crippen LogP contribution in [0.25, 0.3) is 16.9 Å². The Morgan fingerprint density at radius 3 is 2.84 bits per heavy atom. The minimum absolute atomic E-state index is 0.476. The van der Waals surface area contributed by atoms with Crippen LogP contribution in [0.3, 0.4) is 0 Å². The molecule has 0 aromatic carbocycles. The first kappa shape index (κ1) is 11.9. The average Bonchev–Trinajstić information content (AvgIpc) is 2.76. The molecule has 0 bridgehead atoms. The molecule has 0 spiro atoms. The van der Waals surface area contributed by atoms with Gasteiger partial charge in [0, 0.05) is 17.8 Å². The van der Waals surface area contributed by atoms with Gasteiger partial charge in [-0.15, -0.1) is 5.10 Å². The molecule has 0 unspecified atom stereocenters. The second kappa shape index (κ2) is 4.48. The lowest BCUT2D eigenvalue weighted by Crippen LogP contribution is -2.01. The minimum Gasteiger partial charge on any atom is -0.326 e. The summed E-state index contributed by atoms with van der Waals surface area (Å²) in [4.78, 5) is 0. The van der Waals surface area contributed by atoms with Gasteiger partial charge in [-0.1, -0.05) is 6.07 Å². The number of hydrogen-bond donors (Lipinski definition) is 1. The molecule has 0 saturated carbocycles. The van der Waals surface area contributed by atoms with Crippen molar-refractivity contribution in [2.75, 3.05) is 0 Å². The van der Waals surface area contributed by atoms with E-state index < -0.39 is 0 Å². The Morgan fingerprint density at radius 1 is 1.21 bits per heavy atom. The highest BCUT2D eigenvalue weighted by Crippen LogP contribution is 2.27. The fourth-order valence-corrected chi connectivity index (χ4v) is 2.47. The standard InChI is InChI=1S/C15H16N4/c1-10-6-13-5-3-4-11(2)19(13)15(10)14-7-12(8-16)9-17-18-14/h3-7,9H,8,16H2,1-2H3. The third kappa shape index (κ3) is 1.90. The van der Waals surface area contributed by atoms with Crippen molar-refractivity contribution in [2.45, 2.75) is 20.4 Å². The molecule has 0 amide bonds. The van der Waals surface area contributed by atoms with Gasteiger partial charge in [0.05, 0.1) is 11.9 Å². The summed E-state index contributed by atoms with van der Waals surface area (Å²) < 4.78 is 2.21. The average molecular weight is 252 g/mol. The van der Waals surface area contributed by atoms with Crippen LogP contribution in [0.1, 0.15) is 16.8 Å². The Kier molecular flexibility index (Phi) is 2.80. The van der Waals surface area contributed by atoms with Gasteiger partial charge in [0.1, 0.15) is 5.69 Å². The molecule has 3 heterocycles. The van der Waals surface area contributed by atoms with Gasteiger partial charge in [-0.2, -0.15) is 5.10 Å². The summed E-state index contributed by atoms with van der Waals surface area (Å²) in [6.45, 7) is 4.67. The summed E-state index contributed by atoms with van der Waals surface area (Å²) in [6.07, 6.45) is 1.71. The minimum atomic E-state index is 0.476. The molecule has 0 saturated heterocycles. The Morgan fingerprint density at radius 2 is 2.05 bits per heavy atom. The molecule has 0 radical (unpaired) electrons. The maximum atomic E-state index is 5.68. The molecule has 4 nitrogen and oxygen atoms in total. The van der Waals surface area contributed by atoms with E-state index in [4.69, 9.17) is 5.73 Å². The predicted octanol–water partition coefficient (Wildman–Crippen LogP) is 2.47. The van der Waals surface area contributed by atoms with Crippen LogP contribution in [0.5, 0.6) is 0 Å². The number of fused-ring (bicyclic) bond motifs is 1. The largest absolute Gasteiger partial charge is 0.326 e. The lowest BCUT2D eigenvalue weighted by Gasteiger charge is -2.07. The van der Waals surface area contributed by atoms with Gasteiger partial charge in [-0.3, -0.25) is 0 Å². The molecular weight excluding hydrogens is 236 g/mol. The summed E-state index contributed by atoms with van der Waals surface area (Å²) in [6, 6.07) is 10.4. The first-order valence-corrected chi connectivity index (χ1v) is 6.30. The molecule has 3 aromatic heterocycles. The van der Waals surface area contributed by atoms with Crippen LogP contribution in [0, 0.1) is 13.8 Å². The fourth-order valence-electron chi connectivity index (χ4n) is 2.47. The Labute approximate surface area is 111 Å². The molecule has 0 aliphatic rings. The molecule has 19 heavy (non-hydrogen) atoms. The van der Waals surface area contributed by atoms with E-state index in [1.165, 1.54) is 16.8 Å². The SMILES string of the molecule is Cc1cc2cccc(C)n2c1-c1cc(CN)cnn1. The third-order valence-electron chi connectivity index (χ3n) is 3.37. The van der Waals surface area contributed by atoms with E-state index in [0.29, 0.717) is 6.54 Å². The van der Waals surface area contributed by atoms with E-state index in [0.717, 1.165) is 17.0 Å². The predicted molar refractivity (Wildman–Crippen MR) is 75.8 cm³/mol. The highest BCUT2D eigenvalue weighted by Gasteiger charge is 2.12. The van der Waals surface area contributed by atoms with Gasteiger partial charge in [0.15, 0.2) is 0 Å². The number of pyridine rings is 1. The van der Waals surface area contributed by atoms with Crippen molar-refractivity contribution in [3.8, 4) is 11.4 Å². The molecule has 0 fully saturated rings. The van der Waals surface area contributed by atoms with Gasteiger partial charge in [-0.05, 0) is 49.2 Å². The van der Waals surface area contributed by atoms with Crippen LogP contribution >= 0.6 is 0 Å². The second-order valence-corrected chi connectivity index (χ2v) is 4.76. The first-order chi connectivity index (χ1) is 9.20. The van der Waals surface area contributed by atoms with Crippen molar-refractivity contribution in [3.05, 3.63) is 53.3 Å². The van der Waals surface area contributed by atoms with Crippen LogP contribution in [0.4, 0.5) is 0 Å². The van der Waals surface area contributed by atoms with E-state index >= 15 is 0 Å². The monoisotopic (exact) mass is 252 g/mol. The number of aryl methyl sites for hydroxylation is 2. The van der Waals surface area contributed by atoms with Crippen molar-refractivity contribution >= 4 is 5.52 Å². The van der Waals surface area contributed by atoms with Crippen LogP contribution < -0.4 is 5.73 Å². The molecule has 2 N–H and O–H groups in total. The number of aromatic nitrogens is 3. The smallest absolute Gasteiger partial charge is 0.110 e. The zero-order valence-corrected chi connectivity index (χ0v) is 11.1. The van der Waals surface area contributed by atoms with Crippen molar-refractivity contribution < 1.29 is 0 Å². The van der Waals surface area contributed by atoms with Crippen LogP contribution in [0.15, 0.2) is 36.5 Å². The maximum Gasteiger partial charge on any atom is 0.110 e. The van der Waals surface area contributed by atoms with E-state index in [1.807, 2.05) is 6.07 Å². The lowest BCUT2D eigenvalue weighted by molar-refractivity contribution is 0.959. The van der Waals surface area contributed by atoms with Gasteiger partial charge in [0.25, 0.3) is 0 Å². The van der Waals surface area contributed by atoms with Gasteiger partial charge in [-0.25, -0.2) is 0 Å². The van der Waals surface area contributed by atoms with Crippen LogP contribution in [0.2, 0.25) is 0 Å². The molecular formula is C15H16N4. The summed E-state index contributed by atoms with van der Waals surface area (Å²) in [5.41, 5.74) is 12.2. The highest BCUT2D eigenvalue weighted by atomic mass is 15.1. The van der Waals surface area contributed by atoms with E-state index in [2.05, 4.69) is 52.7 Å². The maximum absolute atomic E-state index is 5.68. The van der Waals surface area contributed by atoms with E-state index in [1.54, 1.807) is 6.20 Å². The molecule has 0 aliphatic carbocycles. The Bertz CT molecular complexity index is 743. The third-order valence-corrected chi connectivity index (χ3v) is 3.37. The zero-order chi connectivity index (χ0) is 13.4. The summed E-state index contributed by atoms with van der Waals surface area (Å²) in [5, 5.41) is 8.30. The molecule has 3 aromatic rings. The number of nitrogens with zero attached hydrogens (tertiary/aromatic N) is 3. The Balaban J connectivity index is 2.32. The lowest BCUT2D eigenvalue weighted by atomic mass is 10.1. The fraction of sp³-hybridized carbons (Fsp3) is 0.200. The zero-order valence-electron chi connectivity index (χ0n) is 11.1. The van der Waals surface area contributed by atoms with Crippen LogP contribution in [-0.4, -0.2) is 14.6 Å². The molecule has 3 rings (SSSR count). The topological polar surface area (TPSA) is 56.2 Å². The second-order valence-electron chi connectivity index (χ2n) is 4.76. The van der Waals surface area contributed by atoms with Gasteiger partial charge in [0.2, 0.25) is 0 Å². The highest BCUT2D eigenvalue weighted by molar-refractivity contribution is 5.69. The van der Waals surface area contributed by atoms with Gasteiger partial charge < -0.3 is 10.1 Å². The number of hydrogen-bond acceptors (Lipinski definition) is 3. The van der Waals surface area contributed by atoms with Gasteiger partial charge >= 0.3 is 0 Å². The van der Waals surface area contributed by atoms with E-state index in [-0.39, 0.29) is 0 Å². The summed E-state index contributed by atoms with van der Waals surface area (Å²) in [5.74, 6) is 0. The summed E-state index contributed by atoms with van der Waals surface area (Å²) in [7, 11) is 0. The molecule has 0 atom stereocenters. The van der Waals surface area contributed by atoms with Crippen LogP contribution in [-0.2, 0) is 6.54 Å². The number of nitrogens with two attached hydrogens (primary N) is 1. The molecule has 4 heteroatoms. The molecule has 0 aliphatic heterocycles. The van der Waals surface area contributed by atoms with Crippen molar-refractivity contribution in [3.63, 3.8) is 0 Å². The van der Waals surface area contributed by atoms with Crippen molar-refractivity contribution in [1.82, 2.24) is 14.6 Å². The van der Waals surface area contributed by atoms with Crippen molar-refractivity contribution in [1.29, 1.82) is 0 Å². The number of rotatable bonds is 2. The summed E-state index contributed by atoms with van der Waals surface area (Å²) >= 11 is 0.